The SMILES string of the molecule is CNC1(C#N)CCC(N2CCN(CC3CC3)CC2)C1. The van der Waals surface area contributed by atoms with Crippen LogP contribution >= 0.6 is 0 Å². The van der Waals surface area contributed by atoms with Crippen LogP contribution in [0.3, 0.4) is 0 Å². The van der Waals surface area contributed by atoms with Gasteiger partial charge < -0.3 is 10.2 Å². The molecule has 3 fully saturated rings. The van der Waals surface area contributed by atoms with E-state index in [1.54, 1.807) is 0 Å². The first-order chi connectivity index (χ1) is 9.24. The predicted octanol–water partition coefficient (Wildman–Crippen LogP) is 1.05. The van der Waals surface area contributed by atoms with Gasteiger partial charge in [0.15, 0.2) is 0 Å². The Morgan fingerprint density at radius 2 is 1.95 bits per heavy atom. The zero-order valence-corrected chi connectivity index (χ0v) is 12.1. The van der Waals surface area contributed by atoms with E-state index in [2.05, 4.69) is 21.2 Å². The fraction of sp³-hybridized carbons (Fsp3) is 0.933. The van der Waals surface area contributed by atoms with E-state index in [-0.39, 0.29) is 5.54 Å². The van der Waals surface area contributed by atoms with Gasteiger partial charge in [-0.1, -0.05) is 0 Å². The lowest BCUT2D eigenvalue weighted by atomic mass is 10.00. The summed E-state index contributed by atoms with van der Waals surface area (Å²) in [4.78, 5) is 5.26. The van der Waals surface area contributed by atoms with Crippen molar-refractivity contribution in [1.29, 1.82) is 5.26 Å². The molecule has 4 heteroatoms. The standard InChI is InChI=1S/C15H26N4/c1-17-15(12-16)5-4-14(10-15)19-8-6-18(7-9-19)11-13-2-3-13/h13-14,17H,2-11H2,1H3. The maximum Gasteiger partial charge on any atom is 0.108 e. The Bertz CT molecular complexity index is 352. The molecule has 0 amide bonds. The van der Waals surface area contributed by atoms with Crippen LogP contribution in [0.4, 0.5) is 0 Å². The van der Waals surface area contributed by atoms with Crippen molar-refractivity contribution in [3.63, 3.8) is 0 Å². The van der Waals surface area contributed by atoms with Crippen molar-refractivity contribution in [3.8, 4) is 6.07 Å². The third-order valence-corrected chi connectivity index (χ3v) is 5.32. The highest BCUT2D eigenvalue weighted by Gasteiger charge is 2.41. The molecule has 106 valence electrons. The third kappa shape index (κ3) is 2.94. The first-order valence-electron chi connectivity index (χ1n) is 7.81. The fourth-order valence-electron chi connectivity index (χ4n) is 3.69. The van der Waals surface area contributed by atoms with E-state index >= 15 is 0 Å². The molecule has 2 saturated carbocycles. The summed E-state index contributed by atoms with van der Waals surface area (Å²) in [7, 11) is 1.93. The molecule has 4 nitrogen and oxygen atoms in total. The van der Waals surface area contributed by atoms with Crippen LogP contribution in [0.15, 0.2) is 0 Å². The summed E-state index contributed by atoms with van der Waals surface area (Å²) in [5, 5.41) is 12.6. The van der Waals surface area contributed by atoms with Gasteiger partial charge in [-0.2, -0.15) is 5.26 Å². The van der Waals surface area contributed by atoms with Crippen LogP contribution in [0, 0.1) is 17.2 Å². The van der Waals surface area contributed by atoms with Crippen LogP contribution < -0.4 is 5.32 Å². The second-order valence-electron chi connectivity index (χ2n) is 6.62. The summed E-state index contributed by atoms with van der Waals surface area (Å²) >= 11 is 0. The summed E-state index contributed by atoms with van der Waals surface area (Å²) in [5.41, 5.74) is -0.254. The lowest BCUT2D eigenvalue weighted by Crippen LogP contribution is -2.51. The average Bonchev–Trinajstić information content (AvgIpc) is 3.16. The number of rotatable bonds is 4. The van der Waals surface area contributed by atoms with Crippen molar-refractivity contribution < 1.29 is 0 Å². The molecule has 3 aliphatic rings. The molecular formula is C15H26N4. The lowest BCUT2D eigenvalue weighted by molar-refractivity contribution is 0.0931. The number of nitriles is 1. The lowest BCUT2D eigenvalue weighted by Gasteiger charge is -2.38. The highest BCUT2D eigenvalue weighted by molar-refractivity contribution is 5.13. The van der Waals surface area contributed by atoms with Gasteiger partial charge >= 0.3 is 0 Å². The third-order valence-electron chi connectivity index (χ3n) is 5.32. The Kier molecular flexibility index (Phi) is 3.79. The molecule has 0 aromatic rings. The van der Waals surface area contributed by atoms with E-state index in [1.165, 1.54) is 52.0 Å². The van der Waals surface area contributed by atoms with Crippen molar-refractivity contribution in [2.75, 3.05) is 39.8 Å². The number of nitrogens with one attached hydrogen (secondary N) is 1. The minimum atomic E-state index is -0.254. The topological polar surface area (TPSA) is 42.3 Å². The normalized spacial score (nSPS) is 37.4. The number of hydrogen-bond donors (Lipinski definition) is 1. The first-order valence-corrected chi connectivity index (χ1v) is 7.81. The zero-order chi connectivity index (χ0) is 13.3. The van der Waals surface area contributed by atoms with Crippen LogP contribution in [-0.4, -0.2) is 61.2 Å². The van der Waals surface area contributed by atoms with E-state index in [0.717, 1.165) is 18.8 Å². The second kappa shape index (κ2) is 5.40. The van der Waals surface area contributed by atoms with Gasteiger partial charge in [-0.25, -0.2) is 0 Å². The monoisotopic (exact) mass is 262 g/mol. The summed E-state index contributed by atoms with van der Waals surface area (Å²) in [6.45, 7) is 6.18. The highest BCUT2D eigenvalue weighted by atomic mass is 15.3. The molecule has 2 unspecified atom stereocenters. The maximum absolute atomic E-state index is 9.34. The Morgan fingerprint density at radius 3 is 2.47 bits per heavy atom. The summed E-state index contributed by atoms with van der Waals surface area (Å²) in [5.74, 6) is 1.01. The Morgan fingerprint density at radius 1 is 1.21 bits per heavy atom. The number of nitrogens with zero attached hydrogens (tertiary/aromatic N) is 3. The summed E-state index contributed by atoms with van der Waals surface area (Å²) in [6, 6.07) is 3.11. The Balaban J connectivity index is 1.48. The molecule has 1 heterocycles. The molecule has 1 aliphatic heterocycles. The van der Waals surface area contributed by atoms with Gasteiger partial charge in [0.2, 0.25) is 0 Å². The molecule has 1 saturated heterocycles. The highest BCUT2D eigenvalue weighted by Crippen LogP contribution is 2.33. The van der Waals surface area contributed by atoms with Crippen molar-refractivity contribution >= 4 is 0 Å². The number of hydrogen-bond acceptors (Lipinski definition) is 4. The molecule has 19 heavy (non-hydrogen) atoms. The number of piperazine rings is 1. The van der Waals surface area contributed by atoms with Crippen LogP contribution in [-0.2, 0) is 0 Å². The van der Waals surface area contributed by atoms with Crippen LogP contribution in [0.5, 0.6) is 0 Å². The molecule has 0 bridgehead atoms. The van der Waals surface area contributed by atoms with Crippen molar-refractivity contribution in [1.82, 2.24) is 15.1 Å². The Hall–Kier alpha value is -0.630. The molecule has 0 radical (unpaired) electrons. The van der Waals surface area contributed by atoms with Gasteiger partial charge in [0.1, 0.15) is 5.54 Å². The molecule has 3 rings (SSSR count). The van der Waals surface area contributed by atoms with Crippen LogP contribution in [0.25, 0.3) is 0 Å². The van der Waals surface area contributed by atoms with Gasteiger partial charge in [0.05, 0.1) is 6.07 Å². The molecule has 0 aromatic heterocycles. The van der Waals surface area contributed by atoms with E-state index in [9.17, 15) is 5.26 Å². The van der Waals surface area contributed by atoms with E-state index < -0.39 is 0 Å². The quantitative estimate of drug-likeness (QED) is 0.822. The van der Waals surface area contributed by atoms with Crippen LogP contribution in [0.1, 0.15) is 32.1 Å². The average molecular weight is 262 g/mol. The van der Waals surface area contributed by atoms with Crippen LogP contribution in [0.2, 0.25) is 0 Å². The summed E-state index contributed by atoms with van der Waals surface area (Å²) in [6.07, 6.45) is 6.10. The second-order valence-corrected chi connectivity index (χ2v) is 6.62. The van der Waals surface area contributed by atoms with Gasteiger partial charge in [0.25, 0.3) is 0 Å². The van der Waals surface area contributed by atoms with Crippen molar-refractivity contribution in [3.05, 3.63) is 0 Å². The molecule has 1 N–H and O–H groups in total. The van der Waals surface area contributed by atoms with Gasteiger partial charge in [0, 0.05) is 38.8 Å². The Labute approximate surface area is 116 Å². The molecule has 2 aliphatic carbocycles. The van der Waals surface area contributed by atoms with Gasteiger partial charge in [-0.15, -0.1) is 0 Å². The summed E-state index contributed by atoms with van der Waals surface area (Å²) < 4.78 is 0. The van der Waals surface area contributed by atoms with E-state index in [1.807, 2.05) is 7.05 Å². The fourth-order valence-corrected chi connectivity index (χ4v) is 3.69. The maximum atomic E-state index is 9.34. The molecule has 0 aromatic carbocycles. The van der Waals surface area contributed by atoms with E-state index in [0.29, 0.717) is 6.04 Å². The molecular weight excluding hydrogens is 236 g/mol. The molecule has 0 spiro atoms. The van der Waals surface area contributed by atoms with Gasteiger partial charge in [-0.05, 0) is 45.1 Å². The smallest absolute Gasteiger partial charge is 0.108 e. The molecule has 2 atom stereocenters. The predicted molar refractivity (Wildman–Crippen MR) is 75.8 cm³/mol. The van der Waals surface area contributed by atoms with E-state index in [4.69, 9.17) is 0 Å². The van der Waals surface area contributed by atoms with Crippen molar-refractivity contribution in [2.45, 2.75) is 43.7 Å². The van der Waals surface area contributed by atoms with Gasteiger partial charge in [-0.3, -0.25) is 4.90 Å². The zero-order valence-electron chi connectivity index (χ0n) is 12.1. The largest absolute Gasteiger partial charge is 0.302 e. The minimum absolute atomic E-state index is 0.254. The van der Waals surface area contributed by atoms with Crippen molar-refractivity contribution in [2.24, 2.45) is 5.92 Å². The first kappa shape index (κ1) is 13.4. The minimum Gasteiger partial charge on any atom is -0.302 e.